The standard InChI is InChI=1S/C14H14F3NO4/c1-3-22-12-5-8-7(4-11(12)21-2)9(6-10(8)19)18-13(20)14(15,16)17/h4-5,9H,3,6H2,1-2H3,(H,18,20)/t9-/m0/s1. The first kappa shape index (κ1) is 16.1. The Labute approximate surface area is 124 Å². The van der Waals surface area contributed by atoms with Gasteiger partial charge in [-0.3, -0.25) is 9.59 Å². The van der Waals surface area contributed by atoms with Crippen LogP contribution in [-0.4, -0.2) is 31.6 Å². The van der Waals surface area contributed by atoms with E-state index in [4.69, 9.17) is 9.47 Å². The Bertz CT molecular complexity index is 613. The number of ketones is 1. The van der Waals surface area contributed by atoms with Crippen molar-refractivity contribution in [3.05, 3.63) is 23.3 Å². The average Bonchev–Trinajstić information content (AvgIpc) is 2.73. The molecule has 0 aromatic heterocycles. The smallest absolute Gasteiger partial charge is 0.471 e. The quantitative estimate of drug-likeness (QED) is 0.926. The van der Waals surface area contributed by atoms with Crippen molar-refractivity contribution in [2.75, 3.05) is 13.7 Å². The van der Waals surface area contributed by atoms with Crippen molar-refractivity contribution < 1.29 is 32.2 Å². The number of fused-ring (bicyclic) bond motifs is 1. The van der Waals surface area contributed by atoms with Gasteiger partial charge in [0.25, 0.3) is 0 Å². The minimum Gasteiger partial charge on any atom is -0.493 e. The number of alkyl halides is 3. The van der Waals surface area contributed by atoms with Gasteiger partial charge in [0.1, 0.15) is 0 Å². The number of Topliss-reactive ketones (excluding diaryl/α,β-unsaturated/α-hetero) is 1. The van der Waals surface area contributed by atoms with Crippen LogP contribution in [0.2, 0.25) is 0 Å². The maximum absolute atomic E-state index is 12.3. The predicted octanol–water partition coefficient (Wildman–Crippen LogP) is 2.40. The number of halogens is 3. The van der Waals surface area contributed by atoms with Gasteiger partial charge in [0.05, 0.1) is 19.8 Å². The second-order valence-corrected chi connectivity index (χ2v) is 4.67. The number of methoxy groups -OCH3 is 1. The van der Waals surface area contributed by atoms with Gasteiger partial charge in [-0.25, -0.2) is 0 Å². The molecule has 0 bridgehead atoms. The topological polar surface area (TPSA) is 64.6 Å². The Kier molecular flexibility index (Phi) is 4.30. The fourth-order valence-corrected chi connectivity index (χ4v) is 2.31. The summed E-state index contributed by atoms with van der Waals surface area (Å²) in [6, 6.07) is 1.83. The minimum absolute atomic E-state index is 0.226. The van der Waals surface area contributed by atoms with Crippen molar-refractivity contribution in [1.29, 1.82) is 0 Å². The van der Waals surface area contributed by atoms with Crippen molar-refractivity contribution in [2.45, 2.75) is 25.6 Å². The summed E-state index contributed by atoms with van der Waals surface area (Å²) in [6.07, 6.45) is -5.23. The summed E-state index contributed by atoms with van der Waals surface area (Å²) >= 11 is 0. The van der Waals surface area contributed by atoms with E-state index in [1.54, 1.807) is 6.92 Å². The number of hydrogen-bond donors (Lipinski definition) is 1. The summed E-state index contributed by atoms with van der Waals surface area (Å²) in [7, 11) is 1.38. The monoisotopic (exact) mass is 317 g/mol. The molecule has 120 valence electrons. The van der Waals surface area contributed by atoms with Crippen LogP contribution >= 0.6 is 0 Å². The van der Waals surface area contributed by atoms with E-state index in [1.165, 1.54) is 19.2 Å². The van der Waals surface area contributed by atoms with E-state index < -0.39 is 18.1 Å². The molecule has 0 fully saturated rings. The zero-order valence-corrected chi connectivity index (χ0v) is 11.9. The van der Waals surface area contributed by atoms with Gasteiger partial charge < -0.3 is 14.8 Å². The van der Waals surface area contributed by atoms with Gasteiger partial charge >= 0.3 is 12.1 Å². The molecular formula is C14H14F3NO4. The van der Waals surface area contributed by atoms with Crippen molar-refractivity contribution in [1.82, 2.24) is 5.32 Å². The first-order chi connectivity index (χ1) is 10.3. The number of nitrogens with one attached hydrogen (secondary N) is 1. The zero-order valence-electron chi connectivity index (χ0n) is 11.9. The third-order valence-corrected chi connectivity index (χ3v) is 3.26. The molecule has 1 aromatic carbocycles. The molecule has 8 heteroatoms. The number of carbonyl (C=O) groups excluding carboxylic acids is 2. The molecular weight excluding hydrogens is 303 g/mol. The Hall–Kier alpha value is -2.25. The summed E-state index contributed by atoms with van der Waals surface area (Å²) in [5, 5.41) is 1.83. The Morgan fingerprint density at radius 1 is 1.36 bits per heavy atom. The lowest BCUT2D eigenvalue weighted by Gasteiger charge is -2.16. The fraction of sp³-hybridized carbons (Fsp3) is 0.429. The van der Waals surface area contributed by atoms with Crippen molar-refractivity contribution in [2.24, 2.45) is 0 Å². The first-order valence-corrected chi connectivity index (χ1v) is 6.53. The molecule has 0 heterocycles. The molecule has 0 aliphatic heterocycles. The molecule has 1 amide bonds. The van der Waals surface area contributed by atoms with Gasteiger partial charge in [0.2, 0.25) is 0 Å². The third-order valence-electron chi connectivity index (χ3n) is 3.26. The summed E-state index contributed by atoms with van der Waals surface area (Å²) in [6.45, 7) is 2.10. The summed E-state index contributed by atoms with van der Waals surface area (Å²) in [5.74, 6) is -1.81. The van der Waals surface area contributed by atoms with Gasteiger partial charge in [-0.2, -0.15) is 13.2 Å². The van der Waals surface area contributed by atoms with E-state index in [0.29, 0.717) is 23.7 Å². The lowest BCUT2D eigenvalue weighted by molar-refractivity contribution is -0.174. The average molecular weight is 317 g/mol. The molecule has 0 unspecified atom stereocenters. The van der Waals surface area contributed by atoms with E-state index in [2.05, 4.69) is 0 Å². The maximum Gasteiger partial charge on any atom is 0.471 e. The number of rotatable bonds is 4. The minimum atomic E-state index is -5.00. The highest BCUT2D eigenvalue weighted by Gasteiger charge is 2.42. The number of benzene rings is 1. The van der Waals surface area contributed by atoms with E-state index in [-0.39, 0.29) is 17.8 Å². The molecule has 1 aromatic rings. The van der Waals surface area contributed by atoms with Crippen LogP contribution in [0.4, 0.5) is 13.2 Å². The molecule has 0 saturated carbocycles. The summed E-state index contributed by atoms with van der Waals surface area (Å²) in [5.41, 5.74) is 0.527. The lowest BCUT2D eigenvalue weighted by atomic mass is 10.1. The molecule has 0 spiro atoms. The van der Waals surface area contributed by atoms with E-state index in [9.17, 15) is 22.8 Å². The van der Waals surface area contributed by atoms with E-state index in [1.807, 2.05) is 5.32 Å². The molecule has 1 aliphatic carbocycles. The molecule has 0 radical (unpaired) electrons. The molecule has 1 atom stereocenters. The molecule has 5 nitrogen and oxygen atoms in total. The molecule has 1 N–H and O–H groups in total. The summed E-state index contributed by atoms with van der Waals surface area (Å²) in [4.78, 5) is 23.0. The fourth-order valence-electron chi connectivity index (χ4n) is 2.31. The Morgan fingerprint density at radius 3 is 2.59 bits per heavy atom. The first-order valence-electron chi connectivity index (χ1n) is 6.53. The summed E-state index contributed by atoms with van der Waals surface area (Å²) < 4.78 is 47.5. The lowest BCUT2D eigenvalue weighted by Crippen LogP contribution is -2.38. The van der Waals surface area contributed by atoms with Gasteiger partial charge in [0, 0.05) is 12.0 Å². The van der Waals surface area contributed by atoms with Crippen LogP contribution in [0, 0.1) is 0 Å². The second-order valence-electron chi connectivity index (χ2n) is 4.67. The van der Waals surface area contributed by atoms with Crippen LogP contribution in [0.1, 0.15) is 35.3 Å². The number of carbonyl (C=O) groups is 2. The van der Waals surface area contributed by atoms with Crippen LogP contribution in [-0.2, 0) is 4.79 Å². The van der Waals surface area contributed by atoms with Crippen LogP contribution in [0.15, 0.2) is 12.1 Å². The van der Waals surface area contributed by atoms with Crippen LogP contribution in [0.5, 0.6) is 11.5 Å². The normalized spacial score (nSPS) is 17.1. The number of amides is 1. The van der Waals surface area contributed by atoms with Gasteiger partial charge in [-0.05, 0) is 24.6 Å². The molecule has 1 aliphatic rings. The predicted molar refractivity (Wildman–Crippen MR) is 70.0 cm³/mol. The van der Waals surface area contributed by atoms with Gasteiger partial charge in [-0.15, -0.1) is 0 Å². The largest absolute Gasteiger partial charge is 0.493 e. The van der Waals surface area contributed by atoms with E-state index in [0.717, 1.165) is 0 Å². The highest BCUT2D eigenvalue weighted by molar-refractivity contribution is 6.02. The van der Waals surface area contributed by atoms with Crippen LogP contribution < -0.4 is 14.8 Å². The zero-order chi connectivity index (χ0) is 16.5. The van der Waals surface area contributed by atoms with Crippen molar-refractivity contribution >= 4 is 11.7 Å². The van der Waals surface area contributed by atoms with Gasteiger partial charge in [0.15, 0.2) is 17.3 Å². The highest BCUT2D eigenvalue weighted by Crippen LogP contribution is 2.39. The molecule has 22 heavy (non-hydrogen) atoms. The molecule has 2 rings (SSSR count). The SMILES string of the molecule is CCOc1cc2c(cc1OC)[C@@H](NC(=O)C(F)(F)F)CC2=O. The Balaban J connectivity index is 2.35. The second kappa shape index (κ2) is 5.86. The molecule has 0 saturated heterocycles. The van der Waals surface area contributed by atoms with Crippen LogP contribution in [0.25, 0.3) is 0 Å². The third kappa shape index (κ3) is 3.00. The number of hydrogen-bond acceptors (Lipinski definition) is 4. The van der Waals surface area contributed by atoms with Crippen molar-refractivity contribution in [3.63, 3.8) is 0 Å². The highest BCUT2D eigenvalue weighted by atomic mass is 19.4. The Morgan fingerprint density at radius 2 is 2.05 bits per heavy atom. The van der Waals surface area contributed by atoms with Crippen molar-refractivity contribution in [3.8, 4) is 11.5 Å². The van der Waals surface area contributed by atoms with Gasteiger partial charge in [-0.1, -0.05) is 0 Å². The van der Waals surface area contributed by atoms with Crippen LogP contribution in [0.3, 0.4) is 0 Å². The maximum atomic E-state index is 12.3. The number of ether oxygens (including phenoxy) is 2. The van der Waals surface area contributed by atoms with E-state index >= 15 is 0 Å².